The Morgan fingerprint density at radius 2 is 1.86 bits per heavy atom. The number of carbonyl (C=O) groups is 2. The molecule has 1 heterocycles. The van der Waals surface area contributed by atoms with Crippen molar-refractivity contribution in [2.45, 2.75) is 20.3 Å². The summed E-state index contributed by atoms with van der Waals surface area (Å²) >= 11 is 0. The highest BCUT2D eigenvalue weighted by Crippen LogP contribution is 2.13. The molecule has 0 amide bonds. The number of carboxylic acids is 1. The van der Waals surface area contributed by atoms with E-state index < -0.39 is 22.9 Å². The van der Waals surface area contributed by atoms with E-state index in [4.69, 9.17) is 5.11 Å². The summed E-state index contributed by atoms with van der Waals surface area (Å²) in [6.45, 7) is 3.03. The summed E-state index contributed by atoms with van der Waals surface area (Å²) in [6.07, 6.45) is 0.381. The number of benzene rings is 1. The third-order valence-electron chi connectivity index (χ3n) is 3.08. The van der Waals surface area contributed by atoms with Crippen LogP contribution in [-0.4, -0.2) is 26.6 Å². The number of hydrogen-bond acceptors (Lipinski definition) is 4. The van der Waals surface area contributed by atoms with Crippen LogP contribution in [0.2, 0.25) is 0 Å². The fourth-order valence-electron chi connectivity index (χ4n) is 2.17. The Bertz CT molecular complexity index is 763. The Morgan fingerprint density at radius 1 is 1.24 bits per heavy atom. The van der Waals surface area contributed by atoms with E-state index in [1.54, 1.807) is 31.2 Å². The molecule has 0 aliphatic rings. The number of aromatic carboxylic acids is 1. The van der Waals surface area contributed by atoms with E-state index in [0.29, 0.717) is 17.8 Å². The molecular weight excluding hydrogens is 272 g/mol. The van der Waals surface area contributed by atoms with Crippen molar-refractivity contribution < 1.29 is 14.7 Å². The molecule has 0 saturated heterocycles. The molecule has 6 nitrogen and oxygen atoms in total. The van der Waals surface area contributed by atoms with Gasteiger partial charge in [-0.3, -0.25) is 9.59 Å². The Balaban J connectivity index is 2.91. The molecule has 0 atom stereocenters. The first kappa shape index (κ1) is 14.6. The van der Waals surface area contributed by atoms with Gasteiger partial charge in [-0.1, -0.05) is 25.1 Å². The van der Waals surface area contributed by atoms with Crippen molar-refractivity contribution in [1.82, 2.24) is 9.78 Å². The van der Waals surface area contributed by atoms with Crippen molar-refractivity contribution in [2.24, 2.45) is 0 Å². The number of para-hydroxylation sites is 1. The van der Waals surface area contributed by atoms with Gasteiger partial charge < -0.3 is 5.11 Å². The van der Waals surface area contributed by atoms with Crippen molar-refractivity contribution in [3.63, 3.8) is 0 Å². The summed E-state index contributed by atoms with van der Waals surface area (Å²) in [5.41, 5.74) is -0.600. The molecule has 6 heteroatoms. The summed E-state index contributed by atoms with van der Waals surface area (Å²) in [5.74, 6) is -1.92. The van der Waals surface area contributed by atoms with Crippen LogP contribution in [0.3, 0.4) is 0 Å². The quantitative estimate of drug-likeness (QED) is 0.864. The average molecular weight is 286 g/mol. The summed E-state index contributed by atoms with van der Waals surface area (Å²) in [4.78, 5) is 35.1. The first-order valence-electron chi connectivity index (χ1n) is 6.43. The SMILES string of the molecule is CCc1c(C(C)=O)c(=O)c(C(=O)O)nn1-c1ccccc1. The zero-order valence-electron chi connectivity index (χ0n) is 11.7. The largest absolute Gasteiger partial charge is 0.476 e. The van der Waals surface area contributed by atoms with Crippen LogP contribution in [0.5, 0.6) is 0 Å². The number of aromatic nitrogens is 2. The van der Waals surface area contributed by atoms with Gasteiger partial charge in [-0.15, -0.1) is 0 Å². The lowest BCUT2D eigenvalue weighted by Gasteiger charge is -2.14. The normalized spacial score (nSPS) is 10.4. The Kier molecular flexibility index (Phi) is 3.98. The minimum absolute atomic E-state index is 0.117. The number of carboxylic acid groups (broad SMARTS) is 1. The number of ketones is 1. The minimum atomic E-state index is -1.45. The molecule has 2 rings (SSSR count). The lowest BCUT2D eigenvalue weighted by molar-refractivity contribution is 0.0686. The maximum Gasteiger partial charge on any atom is 0.360 e. The summed E-state index contributed by atoms with van der Waals surface area (Å²) in [5, 5.41) is 13.0. The van der Waals surface area contributed by atoms with E-state index in [1.807, 2.05) is 6.07 Å². The number of carbonyl (C=O) groups excluding carboxylic acids is 1. The zero-order chi connectivity index (χ0) is 15.6. The lowest BCUT2D eigenvalue weighted by atomic mass is 10.1. The van der Waals surface area contributed by atoms with E-state index >= 15 is 0 Å². The smallest absolute Gasteiger partial charge is 0.360 e. The topological polar surface area (TPSA) is 89.3 Å². The van der Waals surface area contributed by atoms with Crippen LogP contribution in [0.4, 0.5) is 0 Å². The van der Waals surface area contributed by atoms with Gasteiger partial charge >= 0.3 is 5.97 Å². The molecule has 0 spiro atoms. The van der Waals surface area contributed by atoms with Crippen LogP contribution < -0.4 is 5.43 Å². The zero-order valence-corrected chi connectivity index (χ0v) is 11.7. The third kappa shape index (κ3) is 2.60. The van der Waals surface area contributed by atoms with E-state index in [0.717, 1.165) is 0 Å². The number of hydrogen-bond donors (Lipinski definition) is 1. The van der Waals surface area contributed by atoms with Gasteiger partial charge in [0, 0.05) is 0 Å². The molecule has 0 unspecified atom stereocenters. The van der Waals surface area contributed by atoms with Gasteiger partial charge in [0.05, 0.1) is 16.9 Å². The van der Waals surface area contributed by atoms with Gasteiger partial charge in [0.2, 0.25) is 11.1 Å². The fourth-order valence-corrected chi connectivity index (χ4v) is 2.17. The van der Waals surface area contributed by atoms with Gasteiger partial charge in [0.1, 0.15) is 0 Å². The first-order chi connectivity index (χ1) is 9.97. The van der Waals surface area contributed by atoms with Gasteiger partial charge in [-0.05, 0) is 25.5 Å². The molecule has 1 N–H and O–H groups in total. The Hall–Kier alpha value is -2.76. The predicted molar refractivity (Wildman–Crippen MR) is 76.2 cm³/mol. The van der Waals surface area contributed by atoms with E-state index in [1.165, 1.54) is 11.6 Å². The van der Waals surface area contributed by atoms with Crippen molar-refractivity contribution in [3.8, 4) is 5.69 Å². The lowest BCUT2D eigenvalue weighted by Crippen LogP contribution is -2.30. The molecule has 0 aliphatic heterocycles. The maximum atomic E-state index is 12.1. The second-order valence-corrected chi connectivity index (χ2v) is 4.46. The van der Waals surface area contributed by atoms with Gasteiger partial charge in [0.15, 0.2) is 5.78 Å². The van der Waals surface area contributed by atoms with Crippen LogP contribution in [0.25, 0.3) is 5.69 Å². The fraction of sp³-hybridized carbons (Fsp3) is 0.200. The van der Waals surface area contributed by atoms with Crippen LogP contribution in [0.15, 0.2) is 35.1 Å². The number of Topliss-reactive ketones (excluding diaryl/α,β-unsaturated/α-hetero) is 1. The highest BCUT2D eigenvalue weighted by molar-refractivity contribution is 5.97. The van der Waals surface area contributed by atoms with Crippen LogP contribution in [0, 0.1) is 0 Å². The average Bonchev–Trinajstić information content (AvgIpc) is 2.46. The van der Waals surface area contributed by atoms with Crippen molar-refractivity contribution >= 4 is 11.8 Å². The first-order valence-corrected chi connectivity index (χ1v) is 6.43. The van der Waals surface area contributed by atoms with E-state index in [2.05, 4.69) is 5.10 Å². The van der Waals surface area contributed by atoms with Crippen LogP contribution in [-0.2, 0) is 6.42 Å². The second-order valence-electron chi connectivity index (χ2n) is 4.46. The molecule has 21 heavy (non-hydrogen) atoms. The van der Waals surface area contributed by atoms with Crippen LogP contribution >= 0.6 is 0 Å². The maximum absolute atomic E-state index is 12.1. The standard InChI is InChI=1S/C15H14N2O4/c1-3-11-12(9(2)18)14(19)13(15(20)21)16-17(11)10-7-5-4-6-8-10/h4-8H,3H2,1-2H3,(H,20,21). The van der Waals surface area contributed by atoms with Gasteiger partial charge in [-0.2, -0.15) is 5.10 Å². The summed E-state index contributed by atoms with van der Waals surface area (Å²) < 4.78 is 1.35. The molecule has 1 aromatic carbocycles. The molecule has 108 valence electrons. The Labute approximate surface area is 120 Å². The molecule has 0 aliphatic carbocycles. The summed E-state index contributed by atoms with van der Waals surface area (Å²) in [7, 11) is 0. The predicted octanol–water partition coefficient (Wildman–Crippen LogP) is 1.70. The third-order valence-corrected chi connectivity index (χ3v) is 3.08. The van der Waals surface area contributed by atoms with Crippen LogP contribution in [0.1, 0.15) is 40.4 Å². The molecular formula is C15H14N2O4. The van der Waals surface area contributed by atoms with Crippen molar-refractivity contribution in [3.05, 3.63) is 57.5 Å². The highest BCUT2D eigenvalue weighted by atomic mass is 16.4. The van der Waals surface area contributed by atoms with Crippen molar-refractivity contribution in [1.29, 1.82) is 0 Å². The second kappa shape index (κ2) is 5.70. The Morgan fingerprint density at radius 3 is 2.33 bits per heavy atom. The van der Waals surface area contributed by atoms with Gasteiger partial charge in [0.25, 0.3) is 0 Å². The number of nitrogens with zero attached hydrogens (tertiary/aromatic N) is 2. The monoisotopic (exact) mass is 286 g/mol. The van der Waals surface area contributed by atoms with Gasteiger partial charge in [-0.25, -0.2) is 9.48 Å². The molecule has 0 saturated carbocycles. The minimum Gasteiger partial charge on any atom is -0.476 e. The highest BCUT2D eigenvalue weighted by Gasteiger charge is 2.23. The molecule has 0 fully saturated rings. The summed E-state index contributed by atoms with van der Waals surface area (Å²) in [6, 6.07) is 8.80. The van der Waals surface area contributed by atoms with Crippen molar-refractivity contribution in [2.75, 3.05) is 0 Å². The van der Waals surface area contributed by atoms with E-state index in [-0.39, 0.29) is 5.56 Å². The molecule has 0 bridgehead atoms. The number of rotatable bonds is 4. The van der Waals surface area contributed by atoms with E-state index in [9.17, 15) is 14.4 Å². The molecule has 0 radical (unpaired) electrons. The molecule has 2 aromatic rings. The molecule has 1 aromatic heterocycles.